The van der Waals surface area contributed by atoms with Crippen LogP contribution in [0.5, 0.6) is 5.75 Å². The lowest BCUT2D eigenvalue weighted by Gasteiger charge is -2.06. The molecule has 0 spiro atoms. The van der Waals surface area contributed by atoms with Crippen molar-refractivity contribution in [3.05, 3.63) is 101 Å². The zero-order chi connectivity index (χ0) is 20.8. The Morgan fingerprint density at radius 1 is 0.967 bits per heavy atom. The van der Waals surface area contributed by atoms with E-state index in [1.165, 1.54) is 0 Å². The SMILES string of the molecule is N#Cc1nc(-c2ccc(OCc3ccccc3)cc2)oc1NCc1ccccc1Cl. The minimum absolute atomic E-state index is 0.196. The summed E-state index contributed by atoms with van der Waals surface area (Å²) in [6.07, 6.45) is 0. The van der Waals surface area contributed by atoms with Gasteiger partial charge in [0.2, 0.25) is 17.5 Å². The smallest absolute Gasteiger partial charge is 0.232 e. The van der Waals surface area contributed by atoms with E-state index >= 15 is 0 Å². The van der Waals surface area contributed by atoms with Crippen LogP contribution >= 0.6 is 11.6 Å². The number of ether oxygens (including phenoxy) is 1. The molecule has 0 fully saturated rings. The van der Waals surface area contributed by atoms with Gasteiger partial charge in [-0.3, -0.25) is 0 Å². The molecule has 0 atom stereocenters. The first kappa shape index (κ1) is 19.6. The van der Waals surface area contributed by atoms with Gasteiger partial charge in [-0.25, -0.2) is 0 Å². The van der Waals surface area contributed by atoms with E-state index in [2.05, 4.69) is 16.4 Å². The Morgan fingerprint density at radius 3 is 2.43 bits per heavy atom. The molecule has 1 aromatic heterocycles. The van der Waals surface area contributed by atoms with Gasteiger partial charge in [-0.2, -0.15) is 10.2 Å². The highest BCUT2D eigenvalue weighted by Crippen LogP contribution is 2.28. The minimum atomic E-state index is 0.196. The lowest BCUT2D eigenvalue weighted by atomic mass is 10.2. The molecule has 0 aliphatic rings. The number of rotatable bonds is 7. The van der Waals surface area contributed by atoms with Crippen LogP contribution in [-0.2, 0) is 13.2 Å². The maximum absolute atomic E-state index is 9.39. The first-order chi connectivity index (χ1) is 14.7. The molecule has 3 aromatic carbocycles. The molecule has 30 heavy (non-hydrogen) atoms. The molecule has 0 aliphatic carbocycles. The van der Waals surface area contributed by atoms with Gasteiger partial charge in [0.05, 0.1) is 0 Å². The average Bonchev–Trinajstić information content (AvgIpc) is 3.21. The van der Waals surface area contributed by atoms with Crippen molar-refractivity contribution in [3.63, 3.8) is 0 Å². The Hall–Kier alpha value is -3.75. The van der Waals surface area contributed by atoms with Crippen LogP contribution < -0.4 is 10.1 Å². The highest BCUT2D eigenvalue weighted by atomic mass is 35.5. The predicted octanol–water partition coefficient (Wildman–Crippen LogP) is 6.06. The largest absolute Gasteiger partial charge is 0.489 e. The molecule has 0 radical (unpaired) electrons. The third kappa shape index (κ3) is 4.62. The second kappa shape index (κ2) is 9.17. The molecule has 0 saturated carbocycles. The molecule has 4 rings (SSSR count). The monoisotopic (exact) mass is 415 g/mol. The topological polar surface area (TPSA) is 71.1 Å². The highest BCUT2D eigenvalue weighted by Gasteiger charge is 2.15. The third-order valence-electron chi connectivity index (χ3n) is 4.48. The summed E-state index contributed by atoms with van der Waals surface area (Å²) in [7, 11) is 0. The van der Waals surface area contributed by atoms with Crippen LogP contribution in [0.1, 0.15) is 16.8 Å². The van der Waals surface area contributed by atoms with Gasteiger partial charge in [-0.15, -0.1) is 0 Å². The molecule has 1 heterocycles. The normalized spacial score (nSPS) is 10.4. The molecule has 5 nitrogen and oxygen atoms in total. The Kier molecular flexibility index (Phi) is 5.98. The van der Waals surface area contributed by atoms with Crippen LogP contribution in [0.15, 0.2) is 83.3 Å². The number of hydrogen-bond donors (Lipinski definition) is 1. The van der Waals surface area contributed by atoms with E-state index in [9.17, 15) is 5.26 Å². The van der Waals surface area contributed by atoms with E-state index in [4.69, 9.17) is 20.8 Å². The van der Waals surface area contributed by atoms with Crippen molar-refractivity contribution in [3.8, 4) is 23.3 Å². The zero-order valence-corrected chi connectivity index (χ0v) is 16.8. The van der Waals surface area contributed by atoms with Gasteiger partial charge in [-0.05, 0) is 41.5 Å². The van der Waals surface area contributed by atoms with Gasteiger partial charge < -0.3 is 14.5 Å². The van der Waals surface area contributed by atoms with Gasteiger partial charge in [-0.1, -0.05) is 60.1 Å². The Bertz CT molecular complexity index is 1170. The molecule has 1 N–H and O–H groups in total. The van der Waals surface area contributed by atoms with Crippen LogP contribution in [0.4, 0.5) is 5.88 Å². The average molecular weight is 416 g/mol. The van der Waals surface area contributed by atoms with Gasteiger partial charge in [0.1, 0.15) is 18.4 Å². The van der Waals surface area contributed by atoms with Crippen LogP contribution in [0.3, 0.4) is 0 Å². The molecule has 0 saturated heterocycles. The Balaban J connectivity index is 1.45. The van der Waals surface area contributed by atoms with E-state index in [0.29, 0.717) is 29.9 Å². The number of oxazole rings is 1. The first-order valence-corrected chi connectivity index (χ1v) is 9.76. The summed E-state index contributed by atoms with van der Waals surface area (Å²) in [5.74, 6) is 1.42. The number of aromatic nitrogens is 1. The van der Waals surface area contributed by atoms with Crippen LogP contribution in [0.2, 0.25) is 5.02 Å². The van der Waals surface area contributed by atoms with Crippen molar-refractivity contribution in [1.29, 1.82) is 5.26 Å². The number of hydrogen-bond acceptors (Lipinski definition) is 5. The first-order valence-electron chi connectivity index (χ1n) is 9.38. The summed E-state index contributed by atoms with van der Waals surface area (Å²) in [6, 6.07) is 26.9. The van der Waals surface area contributed by atoms with E-state index in [1.807, 2.05) is 78.9 Å². The number of nitrogens with zero attached hydrogens (tertiary/aromatic N) is 2. The Morgan fingerprint density at radius 2 is 1.70 bits per heavy atom. The van der Waals surface area contributed by atoms with Gasteiger partial charge >= 0.3 is 0 Å². The summed E-state index contributed by atoms with van der Waals surface area (Å²) in [6.45, 7) is 0.920. The van der Waals surface area contributed by atoms with Crippen molar-refractivity contribution in [2.45, 2.75) is 13.2 Å². The zero-order valence-electron chi connectivity index (χ0n) is 16.0. The molecule has 0 amide bonds. The summed E-state index contributed by atoms with van der Waals surface area (Å²) in [5, 5.41) is 13.1. The molecular weight excluding hydrogens is 398 g/mol. The fraction of sp³-hybridized carbons (Fsp3) is 0.0833. The number of benzene rings is 3. The highest BCUT2D eigenvalue weighted by molar-refractivity contribution is 6.31. The van der Waals surface area contributed by atoms with Gasteiger partial charge in [0.25, 0.3) is 0 Å². The third-order valence-corrected chi connectivity index (χ3v) is 4.85. The molecule has 0 unspecified atom stereocenters. The molecule has 148 valence electrons. The molecular formula is C24H18ClN3O2. The second-order valence-electron chi connectivity index (χ2n) is 6.55. The lowest BCUT2D eigenvalue weighted by Crippen LogP contribution is -2.00. The summed E-state index contributed by atoms with van der Waals surface area (Å²) >= 11 is 6.18. The van der Waals surface area contributed by atoms with Crippen LogP contribution in [0.25, 0.3) is 11.5 Å². The van der Waals surface area contributed by atoms with Crippen LogP contribution in [0, 0.1) is 11.3 Å². The van der Waals surface area contributed by atoms with Crippen molar-refractivity contribution >= 4 is 17.5 Å². The number of nitrogens with one attached hydrogen (secondary N) is 1. The van der Waals surface area contributed by atoms with E-state index < -0.39 is 0 Å². The van der Waals surface area contributed by atoms with E-state index in [-0.39, 0.29) is 5.69 Å². The number of anilines is 1. The molecule has 0 aliphatic heterocycles. The van der Waals surface area contributed by atoms with Crippen molar-refractivity contribution in [2.24, 2.45) is 0 Å². The Labute approximate surface area is 179 Å². The summed E-state index contributed by atoms with van der Waals surface area (Å²) in [5.41, 5.74) is 2.95. The maximum Gasteiger partial charge on any atom is 0.232 e. The molecule has 4 aromatic rings. The van der Waals surface area contributed by atoms with Gasteiger partial charge in [0, 0.05) is 17.1 Å². The fourth-order valence-corrected chi connectivity index (χ4v) is 3.09. The number of halogens is 1. The number of nitriles is 1. The van der Waals surface area contributed by atoms with Crippen molar-refractivity contribution < 1.29 is 9.15 Å². The molecule has 0 bridgehead atoms. The van der Waals surface area contributed by atoms with E-state index in [1.54, 1.807) is 0 Å². The molecule has 6 heteroatoms. The lowest BCUT2D eigenvalue weighted by molar-refractivity contribution is 0.306. The second-order valence-corrected chi connectivity index (χ2v) is 6.96. The quantitative estimate of drug-likeness (QED) is 0.397. The maximum atomic E-state index is 9.39. The van der Waals surface area contributed by atoms with E-state index in [0.717, 1.165) is 22.4 Å². The van der Waals surface area contributed by atoms with Crippen molar-refractivity contribution in [1.82, 2.24) is 4.98 Å². The van der Waals surface area contributed by atoms with Crippen molar-refractivity contribution in [2.75, 3.05) is 5.32 Å². The fourth-order valence-electron chi connectivity index (χ4n) is 2.89. The summed E-state index contributed by atoms with van der Waals surface area (Å²) in [4.78, 5) is 4.29. The standard InChI is InChI=1S/C24H18ClN3O2/c25-21-9-5-4-8-19(21)15-27-24-22(14-26)28-23(30-24)18-10-12-20(13-11-18)29-16-17-6-2-1-3-7-17/h1-13,27H,15-16H2. The van der Waals surface area contributed by atoms with Gasteiger partial charge in [0.15, 0.2) is 0 Å². The predicted molar refractivity (Wildman–Crippen MR) is 116 cm³/mol. The summed E-state index contributed by atoms with van der Waals surface area (Å²) < 4.78 is 11.6. The minimum Gasteiger partial charge on any atom is -0.489 e. The van der Waals surface area contributed by atoms with Crippen LogP contribution in [-0.4, -0.2) is 4.98 Å².